The van der Waals surface area contributed by atoms with Crippen molar-refractivity contribution in [3.05, 3.63) is 58.4 Å². The molecule has 6 atom stereocenters. The molecule has 4 aliphatic rings. The van der Waals surface area contributed by atoms with Crippen molar-refractivity contribution in [1.82, 2.24) is 4.90 Å². The minimum Gasteiger partial charge on any atom is -0.502 e. The van der Waals surface area contributed by atoms with Crippen LogP contribution >= 0.6 is 11.6 Å². The zero-order chi connectivity index (χ0) is 29.5. The molecule has 1 N–H and O–H groups in total. The first-order chi connectivity index (χ1) is 19.4. The van der Waals surface area contributed by atoms with Crippen LogP contribution in [0.4, 0.5) is 10.1 Å². The van der Waals surface area contributed by atoms with Crippen molar-refractivity contribution < 1.29 is 38.1 Å². The van der Waals surface area contributed by atoms with Crippen LogP contribution in [0.3, 0.4) is 0 Å². The van der Waals surface area contributed by atoms with E-state index in [2.05, 4.69) is 0 Å². The van der Waals surface area contributed by atoms with Gasteiger partial charge in [-0.2, -0.15) is 0 Å². The highest BCUT2D eigenvalue weighted by atomic mass is 35.5. The fourth-order valence-electron chi connectivity index (χ4n) is 7.50. The summed E-state index contributed by atoms with van der Waals surface area (Å²) in [6.45, 7) is 1.72. The molecule has 2 aromatic carbocycles. The Hall–Kier alpha value is -3.92. The van der Waals surface area contributed by atoms with E-state index in [0.29, 0.717) is 12.0 Å². The molecule has 0 bridgehead atoms. The van der Waals surface area contributed by atoms with Gasteiger partial charge in [0.15, 0.2) is 11.5 Å². The number of hydrogen-bond donors (Lipinski definition) is 1. The van der Waals surface area contributed by atoms with Crippen LogP contribution in [0.1, 0.15) is 31.2 Å². The number of phenols is 1. The molecule has 2 aliphatic heterocycles. The smallest absolute Gasteiger partial charge is 0.241 e. The number of nitrogens with zero attached hydrogens (tertiary/aromatic N) is 2. The standard InChI is InChI=1S/C30H28ClFN2O7/c1-30-18(27(37)34(29(30)39)14-5-8-20(32)19(31)11-14)12-17-15(6-7-16-23(17)28(38)33(2)26(16)36)24(30)13-9-21(40-3)25(35)22(10-13)41-4/h5-6,8-11,16-18,23-24,35H,7,12H2,1-4H3. The maximum absolute atomic E-state index is 14.4. The minimum atomic E-state index is -1.34. The van der Waals surface area contributed by atoms with Crippen LogP contribution in [0.25, 0.3) is 0 Å². The molecule has 9 nitrogen and oxygen atoms in total. The second-order valence-electron chi connectivity index (χ2n) is 11.3. The largest absolute Gasteiger partial charge is 0.502 e. The number of rotatable bonds is 4. The fraction of sp³-hybridized carbons (Fsp3) is 0.400. The first-order valence-electron chi connectivity index (χ1n) is 13.2. The number of anilines is 1. The second-order valence-corrected chi connectivity index (χ2v) is 11.7. The number of allylic oxidation sites excluding steroid dienone is 2. The monoisotopic (exact) mass is 582 g/mol. The Balaban J connectivity index is 1.57. The molecule has 1 saturated carbocycles. The Kier molecular flexibility index (Phi) is 6.19. The van der Waals surface area contributed by atoms with Crippen molar-refractivity contribution in [1.29, 1.82) is 0 Å². The van der Waals surface area contributed by atoms with Gasteiger partial charge in [-0.25, -0.2) is 9.29 Å². The molecule has 11 heteroatoms. The number of fused-ring (bicyclic) bond motifs is 4. The lowest BCUT2D eigenvalue weighted by atomic mass is 9.51. The maximum atomic E-state index is 14.4. The Labute approximate surface area is 240 Å². The molecule has 0 spiro atoms. The summed E-state index contributed by atoms with van der Waals surface area (Å²) >= 11 is 6.03. The van der Waals surface area contributed by atoms with Gasteiger partial charge < -0.3 is 14.6 Å². The zero-order valence-electron chi connectivity index (χ0n) is 22.8. The molecule has 214 valence electrons. The number of likely N-dealkylation sites (tertiary alicyclic amines) is 1. The summed E-state index contributed by atoms with van der Waals surface area (Å²) in [6.07, 6.45) is 2.41. The molecule has 0 radical (unpaired) electrons. The quantitative estimate of drug-likeness (QED) is 0.427. The normalized spacial score (nSPS) is 30.7. The lowest BCUT2D eigenvalue weighted by Gasteiger charge is -2.49. The summed E-state index contributed by atoms with van der Waals surface area (Å²) in [5.41, 5.74) is 0.126. The van der Waals surface area contributed by atoms with Crippen molar-refractivity contribution in [2.75, 3.05) is 26.2 Å². The highest BCUT2D eigenvalue weighted by molar-refractivity contribution is 6.31. The predicted molar refractivity (Wildman–Crippen MR) is 145 cm³/mol. The van der Waals surface area contributed by atoms with Crippen molar-refractivity contribution in [2.45, 2.75) is 25.7 Å². The number of aromatic hydroxyl groups is 1. The van der Waals surface area contributed by atoms with Crippen molar-refractivity contribution in [2.24, 2.45) is 29.1 Å². The minimum absolute atomic E-state index is 0.113. The number of phenolic OH excluding ortho intramolecular Hbond substituents is 1. The van der Waals surface area contributed by atoms with Gasteiger partial charge in [0.05, 0.1) is 48.1 Å². The van der Waals surface area contributed by atoms with Gasteiger partial charge in [0, 0.05) is 13.0 Å². The third-order valence-electron chi connectivity index (χ3n) is 9.49. The molecule has 3 fully saturated rings. The first-order valence-corrected chi connectivity index (χ1v) is 13.6. The van der Waals surface area contributed by atoms with Crippen molar-refractivity contribution in [3.8, 4) is 17.2 Å². The molecule has 6 rings (SSSR count). The Morgan fingerprint density at radius 3 is 2.27 bits per heavy atom. The molecule has 2 aliphatic carbocycles. The fourth-order valence-corrected chi connectivity index (χ4v) is 7.68. The number of imide groups is 2. The number of carbonyl (C=O) groups is 4. The van der Waals surface area contributed by atoms with Gasteiger partial charge in [-0.15, -0.1) is 0 Å². The average Bonchev–Trinajstić information content (AvgIpc) is 3.29. The molecule has 2 aromatic rings. The number of methoxy groups -OCH3 is 2. The van der Waals surface area contributed by atoms with Crippen LogP contribution in [-0.4, -0.2) is 54.9 Å². The van der Waals surface area contributed by atoms with E-state index in [-0.39, 0.29) is 46.2 Å². The number of ether oxygens (including phenoxy) is 2. The van der Waals surface area contributed by atoms with Crippen molar-refractivity contribution >= 4 is 40.9 Å². The molecular weight excluding hydrogens is 555 g/mol. The van der Waals surface area contributed by atoms with E-state index in [9.17, 15) is 28.7 Å². The maximum Gasteiger partial charge on any atom is 0.241 e. The van der Waals surface area contributed by atoms with Crippen molar-refractivity contribution in [3.63, 3.8) is 0 Å². The van der Waals surface area contributed by atoms with Crippen LogP contribution in [0.15, 0.2) is 42.0 Å². The van der Waals surface area contributed by atoms with Gasteiger partial charge in [0.1, 0.15) is 5.82 Å². The number of amides is 4. The van der Waals surface area contributed by atoms with Crippen LogP contribution in [0.2, 0.25) is 5.02 Å². The van der Waals surface area contributed by atoms with Crippen LogP contribution in [0, 0.1) is 34.9 Å². The van der Waals surface area contributed by atoms with Gasteiger partial charge >= 0.3 is 0 Å². The second kappa shape index (κ2) is 9.30. The van der Waals surface area contributed by atoms with E-state index in [4.69, 9.17) is 21.1 Å². The van der Waals surface area contributed by atoms with Gasteiger partial charge in [0.2, 0.25) is 29.4 Å². The van der Waals surface area contributed by atoms with Crippen LogP contribution < -0.4 is 14.4 Å². The summed E-state index contributed by atoms with van der Waals surface area (Å²) in [6, 6.07) is 6.87. The van der Waals surface area contributed by atoms with Gasteiger partial charge in [-0.3, -0.25) is 24.1 Å². The van der Waals surface area contributed by atoms with E-state index in [1.807, 2.05) is 6.08 Å². The lowest BCUT2D eigenvalue weighted by Crippen LogP contribution is -2.48. The summed E-state index contributed by atoms with van der Waals surface area (Å²) in [7, 11) is 4.24. The first kappa shape index (κ1) is 27.3. The Morgan fingerprint density at radius 1 is 1.00 bits per heavy atom. The summed E-state index contributed by atoms with van der Waals surface area (Å²) in [5, 5.41) is 10.4. The number of carbonyl (C=O) groups excluding carboxylic acids is 4. The number of benzene rings is 2. The molecule has 2 heterocycles. The lowest BCUT2D eigenvalue weighted by molar-refractivity contribution is -0.138. The van der Waals surface area contributed by atoms with Crippen LogP contribution in [-0.2, 0) is 19.2 Å². The van der Waals surface area contributed by atoms with E-state index in [0.717, 1.165) is 21.4 Å². The molecular formula is C30H28ClFN2O7. The SMILES string of the molecule is COc1cc(C2C3=CCC4C(=O)N(C)C(=O)C4C3CC3C(=O)N(c4ccc(F)c(Cl)c4)C(=O)C32C)cc(OC)c1O. The molecule has 41 heavy (non-hydrogen) atoms. The highest BCUT2D eigenvalue weighted by Gasteiger charge is 2.67. The van der Waals surface area contributed by atoms with Gasteiger partial charge in [-0.05, 0) is 61.6 Å². The Morgan fingerprint density at radius 2 is 1.66 bits per heavy atom. The number of halogens is 2. The summed E-state index contributed by atoms with van der Waals surface area (Å²) in [5.74, 6) is -5.55. The van der Waals surface area contributed by atoms with Gasteiger partial charge in [-0.1, -0.05) is 23.3 Å². The van der Waals surface area contributed by atoms with E-state index >= 15 is 0 Å². The van der Waals surface area contributed by atoms with E-state index in [1.54, 1.807) is 19.1 Å². The molecule has 4 amide bonds. The zero-order valence-corrected chi connectivity index (χ0v) is 23.6. The molecule has 6 unspecified atom stereocenters. The van der Waals surface area contributed by atoms with E-state index < -0.39 is 52.6 Å². The topological polar surface area (TPSA) is 113 Å². The Bertz CT molecular complexity index is 1550. The molecule has 0 aromatic heterocycles. The third kappa shape index (κ3) is 3.59. The van der Waals surface area contributed by atoms with Gasteiger partial charge in [0.25, 0.3) is 0 Å². The van der Waals surface area contributed by atoms with Crippen LogP contribution in [0.5, 0.6) is 17.2 Å². The molecule has 2 saturated heterocycles. The summed E-state index contributed by atoms with van der Waals surface area (Å²) < 4.78 is 24.8. The number of hydrogen-bond acceptors (Lipinski definition) is 7. The average molecular weight is 583 g/mol. The third-order valence-corrected chi connectivity index (χ3v) is 9.78. The predicted octanol–water partition coefficient (Wildman–Crippen LogP) is 4.06. The highest BCUT2D eigenvalue weighted by Crippen LogP contribution is 2.64. The van der Waals surface area contributed by atoms with E-state index in [1.165, 1.54) is 33.4 Å². The summed E-state index contributed by atoms with van der Waals surface area (Å²) in [4.78, 5) is 57.0.